The molecular weight excluding hydrogens is 365 g/mol. The van der Waals surface area contributed by atoms with Gasteiger partial charge in [0.25, 0.3) is 0 Å². The van der Waals surface area contributed by atoms with Crippen molar-refractivity contribution in [3.05, 3.63) is 33.4 Å². The number of hydrogen-bond acceptors (Lipinski definition) is 2. The number of rotatable bonds is 4. The number of benzene rings is 1. The second-order valence-electron chi connectivity index (χ2n) is 5.70. The van der Waals surface area contributed by atoms with Crippen LogP contribution in [-0.2, 0) is 4.79 Å². The Morgan fingerprint density at radius 3 is 2.35 bits per heavy atom. The largest absolute Gasteiger partial charge is 0.481 e. The Morgan fingerprint density at radius 2 is 1.90 bits per heavy atom. The van der Waals surface area contributed by atoms with Gasteiger partial charge in [0.1, 0.15) is 0 Å². The zero-order chi connectivity index (χ0) is 14.8. The van der Waals surface area contributed by atoms with Gasteiger partial charge in [-0.1, -0.05) is 19.1 Å². The summed E-state index contributed by atoms with van der Waals surface area (Å²) in [5.74, 6) is -0.624. The predicted octanol–water partition coefficient (Wildman–Crippen LogP) is 3.93. The smallest absolute Gasteiger partial charge is 0.309 e. The van der Waals surface area contributed by atoms with Crippen molar-refractivity contribution in [1.29, 1.82) is 0 Å². The molecule has 0 bridgehead atoms. The fourth-order valence-corrected chi connectivity index (χ4v) is 3.37. The van der Waals surface area contributed by atoms with Crippen LogP contribution in [-0.4, -0.2) is 29.1 Å². The molecule has 1 atom stereocenters. The number of piperidine rings is 1. The van der Waals surface area contributed by atoms with Crippen LogP contribution < -0.4 is 0 Å². The zero-order valence-corrected chi connectivity index (χ0v) is 14.3. The highest BCUT2D eigenvalue weighted by Crippen LogP contribution is 2.37. The first-order valence-electron chi connectivity index (χ1n) is 7.21. The molecule has 1 aromatic carbocycles. The van der Waals surface area contributed by atoms with E-state index in [9.17, 15) is 9.90 Å². The van der Waals surface area contributed by atoms with Crippen LogP contribution in [0.1, 0.15) is 44.7 Å². The summed E-state index contributed by atoms with van der Waals surface area (Å²) in [6, 6.07) is 8.96. The molecule has 1 aromatic rings. The van der Waals surface area contributed by atoms with Crippen molar-refractivity contribution in [2.45, 2.75) is 39.2 Å². The lowest BCUT2D eigenvalue weighted by molar-refractivity contribution is -0.152. The maximum absolute atomic E-state index is 11.5. The Bertz CT molecular complexity index is 464. The van der Waals surface area contributed by atoms with Gasteiger partial charge in [-0.25, -0.2) is 0 Å². The van der Waals surface area contributed by atoms with Gasteiger partial charge >= 0.3 is 5.97 Å². The molecule has 1 heterocycles. The van der Waals surface area contributed by atoms with E-state index in [-0.39, 0.29) is 0 Å². The van der Waals surface area contributed by atoms with Crippen molar-refractivity contribution in [3.8, 4) is 0 Å². The summed E-state index contributed by atoms with van der Waals surface area (Å²) in [6.45, 7) is 5.94. The molecule has 2 rings (SSSR count). The fourth-order valence-electron chi connectivity index (χ4n) is 3.01. The zero-order valence-electron chi connectivity index (χ0n) is 12.1. The van der Waals surface area contributed by atoms with Gasteiger partial charge in [-0.2, -0.15) is 0 Å². The fraction of sp³-hybridized carbons (Fsp3) is 0.562. The Hall–Kier alpha value is -0.620. The molecule has 20 heavy (non-hydrogen) atoms. The molecule has 110 valence electrons. The Morgan fingerprint density at radius 1 is 1.35 bits per heavy atom. The van der Waals surface area contributed by atoms with E-state index in [1.165, 1.54) is 9.13 Å². The Kier molecular flexibility index (Phi) is 5.07. The molecule has 1 aliphatic heterocycles. The highest BCUT2D eigenvalue weighted by atomic mass is 127. The van der Waals surface area contributed by atoms with Gasteiger partial charge in [0, 0.05) is 9.61 Å². The van der Waals surface area contributed by atoms with Gasteiger partial charge in [0.05, 0.1) is 5.41 Å². The lowest BCUT2D eigenvalue weighted by atomic mass is 9.76. The summed E-state index contributed by atoms with van der Waals surface area (Å²) in [7, 11) is 0. The van der Waals surface area contributed by atoms with Crippen LogP contribution in [0.5, 0.6) is 0 Å². The molecule has 1 saturated heterocycles. The second-order valence-corrected chi connectivity index (χ2v) is 6.95. The molecule has 0 radical (unpaired) electrons. The van der Waals surface area contributed by atoms with E-state index in [4.69, 9.17) is 0 Å². The number of carboxylic acids is 1. The molecule has 0 aliphatic carbocycles. The third-order valence-electron chi connectivity index (χ3n) is 4.79. The normalized spacial score (nSPS) is 20.6. The van der Waals surface area contributed by atoms with Gasteiger partial charge < -0.3 is 5.11 Å². The van der Waals surface area contributed by atoms with E-state index in [1.54, 1.807) is 0 Å². The van der Waals surface area contributed by atoms with Crippen LogP contribution in [0.25, 0.3) is 0 Å². The number of nitrogens with zero attached hydrogens (tertiary/aromatic N) is 1. The lowest BCUT2D eigenvalue weighted by Crippen LogP contribution is -2.44. The molecule has 4 heteroatoms. The molecule has 1 fully saturated rings. The molecule has 0 aromatic heterocycles. The van der Waals surface area contributed by atoms with Crippen LogP contribution >= 0.6 is 22.6 Å². The summed E-state index contributed by atoms with van der Waals surface area (Å²) < 4.78 is 1.24. The van der Waals surface area contributed by atoms with Crippen LogP contribution in [0.2, 0.25) is 0 Å². The highest BCUT2D eigenvalue weighted by Gasteiger charge is 2.40. The van der Waals surface area contributed by atoms with Crippen LogP contribution in [0.3, 0.4) is 0 Å². The lowest BCUT2D eigenvalue weighted by Gasteiger charge is -2.41. The van der Waals surface area contributed by atoms with E-state index in [1.807, 2.05) is 6.92 Å². The number of carboxylic acid groups (broad SMARTS) is 1. The number of aliphatic carboxylic acids is 1. The molecular formula is C16H22INO2. The third kappa shape index (κ3) is 3.17. The van der Waals surface area contributed by atoms with Gasteiger partial charge in [-0.15, -0.1) is 0 Å². The summed E-state index contributed by atoms with van der Waals surface area (Å²) in [4.78, 5) is 13.9. The van der Waals surface area contributed by atoms with Gasteiger partial charge in [0.15, 0.2) is 0 Å². The standard InChI is InChI=1S/C16H22INO2/c1-3-16(15(19)20)8-10-18(11-9-16)12(2)13-4-6-14(17)7-5-13/h4-7,12H,3,8-11H2,1-2H3,(H,19,20). The van der Waals surface area contributed by atoms with Crippen molar-refractivity contribution < 1.29 is 9.90 Å². The van der Waals surface area contributed by atoms with Crippen molar-refractivity contribution in [2.75, 3.05) is 13.1 Å². The first-order chi connectivity index (χ1) is 9.48. The molecule has 0 amide bonds. The first kappa shape index (κ1) is 15.8. The minimum absolute atomic E-state index is 0.357. The Labute approximate surface area is 134 Å². The van der Waals surface area contributed by atoms with E-state index >= 15 is 0 Å². The summed E-state index contributed by atoms with van der Waals surface area (Å²) in [6.07, 6.45) is 2.25. The number of halogens is 1. The van der Waals surface area contributed by atoms with Gasteiger partial charge in [-0.3, -0.25) is 9.69 Å². The maximum atomic E-state index is 11.5. The summed E-state index contributed by atoms with van der Waals surface area (Å²) in [5, 5.41) is 9.44. The number of hydrogen-bond donors (Lipinski definition) is 1. The third-order valence-corrected chi connectivity index (χ3v) is 5.50. The summed E-state index contributed by atoms with van der Waals surface area (Å²) >= 11 is 2.31. The minimum Gasteiger partial charge on any atom is -0.481 e. The maximum Gasteiger partial charge on any atom is 0.309 e. The average molecular weight is 387 g/mol. The molecule has 3 nitrogen and oxygen atoms in total. The monoisotopic (exact) mass is 387 g/mol. The topological polar surface area (TPSA) is 40.5 Å². The van der Waals surface area contributed by atoms with Crippen LogP contribution in [0, 0.1) is 8.99 Å². The van der Waals surface area contributed by atoms with Gasteiger partial charge in [0.2, 0.25) is 0 Å². The quantitative estimate of drug-likeness (QED) is 0.796. The molecule has 1 aliphatic rings. The van der Waals surface area contributed by atoms with Crippen molar-refractivity contribution >= 4 is 28.6 Å². The minimum atomic E-state index is -0.624. The molecule has 0 spiro atoms. The predicted molar refractivity (Wildman–Crippen MR) is 88.7 cm³/mol. The van der Waals surface area contributed by atoms with Crippen LogP contribution in [0.15, 0.2) is 24.3 Å². The highest BCUT2D eigenvalue weighted by molar-refractivity contribution is 14.1. The molecule has 0 saturated carbocycles. The van der Waals surface area contributed by atoms with E-state index < -0.39 is 11.4 Å². The van der Waals surface area contributed by atoms with Crippen molar-refractivity contribution in [3.63, 3.8) is 0 Å². The average Bonchev–Trinajstić information content (AvgIpc) is 2.47. The number of likely N-dealkylation sites (tertiary alicyclic amines) is 1. The first-order valence-corrected chi connectivity index (χ1v) is 8.29. The molecule has 1 N–H and O–H groups in total. The second kappa shape index (κ2) is 6.43. The molecule has 1 unspecified atom stereocenters. The van der Waals surface area contributed by atoms with E-state index in [0.29, 0.717) is 6.04 Å². The van der Waals surface area contributed by atoms with Crippen molar-refractivity contribution in [1.82, 2.24) is 4.90 Å². The van der Waals surface area contributed by atoms with Crippen LogP contribution in [0.4, 0.5) is 0 Å². The van der Waals surface area contributed by atoms with Crippen molar-refractivity contribution in [2.24, 2.45) is 5.41 Å². The Balaban J connectivity index is 2.03. The number of carbonyl (C=O) groups is 1. The van der Waals surface area contributed by atoms with E-state index in [2.05, 4.69) is 58.7 Å². The summed E-state index contributed by atoms with van der Waals surface area (Å²) in [5.41, 5.74) is 0.812. The SMILES string of the molecule is CCC1(C(=O)O)CCN(C(C)c2ccc(I)cc2)CC1. The van der Waals surface area contributed by atoms with E-state index in [0.717, 1.165) is 32.4 Å². The van der Waals surface area contributed by atoms with Gasteiger partial charge in [-0.05, 0) is 79.6 Å².